The number of nitrogens with zero attached hydrogens (tertiary/aromatic N) is 3. The van der Waals surface area contributed by atoms with Crippen LogP contribution in [0.25, 0.3) is 0 Å². The quantitative estimate of drug-likeness (QED) is 0.783. The van der Waals surface area contributed by atoms with Gasteiger partial charge >= 0.3 is 0 Å². The summed E-state index contributed by atoms with van der Waals surface area (Å²) in [5.74, 6) is 1.56. The number of aryl methyl sites for hydroxylation is 2. The minimum atomic E-state index is -3.57. The summed E-state index contributed by atoms with van der Waals surface area (Å²) >= 11 is 0. The molecule has 8 nitrogen and oxygen atoms in total. The summed E-state index contributed by atoms with van der Waals surface area (Å²) in [5, 5.41) is 3.75. The van der Waals surface area contributed by atoms with Crippen molar-refractivity contribution in [1.29, 1.82) is 0 Å². The predicted molar refractivity (Wildman–Crippen MR) is 65.9 cm³/mol. The summed E-state index contributed by atoms with van der Waals surface area (Å²) in [6.07, 6.45) is 2.32. The van der Waals surface area contributed by atoms with Gasteiger partial charge in [0, 0.05) is 26.3 Å². The fraction of sp³-hybridized carbons (Fsp3) is 0.500. The zero-order valence-electron chi connectivity index (χ0n) is 10.7. The molecule has 2 rings (SSSR count). The van der Waals surface area contributed by atoms with Crippen LogP contribution in [0.3, 0.4) is 0 Å². The van der Waals surface area contributed by atoms with Gasteiger partial charge < -0.3 is 9.51 Å². The molecule has 2 heterocycles. The molecule has 0 bridgehead atoms. The topological polar surface area (TPSA) is 114 Å². The molecule has 104 valence electrons. The van der Waals surface area contributed by atoms with Crippen LogP contribution in [-0.4, -0.2) is 35.1 Å². The molecule has 0 fully saturated rings. The number of imidazole rings is 1. The van der Waals surface area contributed by atoms with Crippen LogP contribution in [0.5, 0.6) is 0 Å². The third-order valence-electron chi connectivity index (χ3n) is 2.44. The van der Waals surface area contributed by atoms with Gasteiger partial charge in [0.1, 0.15) is 5.82 Å². The van der Waals surface area contributed by atoms with Crippen LogP contribution in [0.15, 0.2) is 15.7 Å². The van der Waals surface area contributed by atoms with Crippen molar-refractivity contribution in [1.82, 2.24) is 24.8 Å². The molecule has 0 spiro atoms. The van der Waals surface area contributed by atoms with Gasteiger partial charge in [-0.05, 0) is 0 Å². The predicted octanol–water partition coefficient (Wildman–Crippen LogP) is 0.185. The second-order valence-corrected chi connectivity index (χ2v) is 5.66. The molecule has 0 amide bonds. The van der Waals surface area contributed by atoms with E-state index in [-0.39, 0.29) is 11.6 Å². The van der Waals surface area contributed by atoms with E-state index in [9.17, 15) is 8.42 Å². The lowest BCUT2D eigenvalue weighted by atomic mass is 10.4. The number of aromatic amines is 1. The zero-order chi connectivity index (χ0) is 13.9. The summed E-state index contributed by atoms with van der Waals surface area (Å²) < 4.78 is 31.1. The van der Waals surface area contributed by atoms with Crippen molar-refractivity contribution in [2.75, 3.05) is 6.54 Å². The fourth-order valence-corrected chi connectivity index (χ4v) is 2.45. The maximum atomic E-state index is 11.9. The lowest BCUT2D eigenvalue weighted by Gasteiger charge is -2.02. The third-order valence-corrected chi connectivity index (χ3v) is 3.81. The Morgan fingerprint density at radius 3 is 2.84 bits per heavy atom. The van der Waals surface area contributed by atoms with E-state index in [0.717, 1.165) is 0 Å². The highest BCUT2D eigenvalue weighted by Crippen LogP contribution is 2.05. The number of hydrogen-bond acceptors (Lipinski definition) is 6. The highest BCUT2D eigenvalue weighted by Gasteiger charge is 2.16. The second-order valence-electron chi connectivity index (χ2n) is 3.93. The highest BCUT2D eigenvalue weighted by atomic mass is 32.2. The molecule has 0 unspecified atom stereocenters. The molecule has 9 heteroatoms. The molecule has 0 aromatic carbocycles. The summed E-state index contributed by atoms with van der Waals surface area (Å²) in [6, 6.07) is 0. The Labute approximate surface area is 110 Å². The van der Waals surface area contributed by atoms with Crippen molar-refractivity contribution in [3.05, 3.63) is 23.7 Å². The molecule has 0 saturated carbocycles. The van der Waals surface area contributed by atoms with Crippen LogP contribution in [0.4, 0.5) is 0 Å². The van der Waals surface area contributed by atoms with Gasteiger partial charge in [0.2, 0.25) is 5.89 Å². The average Bonchev–Trinajstić information content (AvgIpc) is 2.98. The first-order valence-electron chi connectivity index (χ1n) is 5.84. The summed E-state index contributed by atoms with van der Waals surface area (Å²) in [4.78, 5) is 10.7. The zero-order valence-corrected chi connectivity index (χ0v) is 11.5. The fourth-order valence-electron chi connectivity index (χ4n) is 1.48. The van der Waals surface area contributed by atoms with Crippen LogP contribution in [0.1, 0.15) is 24.5 Å². The first kappa shape index (κ1) is 13.7. The van der Waals surface area contributed by atoms with E-state index in [1.807, 2.05) is 6.92 Å². The smallest absolute Gasteiger partial charge is 0.257 e. The van der Waals surface area contributed by atoms with E-state index < -0.39 is 10.0 Å². The maximum Gasteiger partial charge on any atom is 0.257 e. The minimum absolute atomic E-state index is 0.0636. The Kier molecular flexibility index (Phi) is 3.96. The minimum Gasteiger partial charge on any atom is -0.340 e. The van der Waals surface area contributed by atoms with E-state index in [0.29, 0.717) is 30.4 Å². The molecule has 0 radical (unpaired) electrons. The normalized spacial score (nSPS) is 11.9. The number of sulfonamides is 1. The van der Waals surface area contributed by atoms with Crippen molar-refractivity contribution in [2.45, 2.75) is 31.7 Å². The molecule has 19 heavy (non-hydrogen) atoms. The molecule has 0 aliphatic rings. The number of aromatic nitrogens is 4. The number of nitrogens with one attached hydrogen (secondary N) is 2. The average molecular weight is 285 g/mol. The number of hydrogen-bond donors (Lipinski definition) is 2. The molecular weight excluding hydrogens is 270 g/mol. The van der Waals surface area contributed by atoms with Crippen LogP contribution in [-0.2, 0) is 22.9 Å². The van der Waals surface area contributed by atoms with Crippen molar-refractivity contribution in [3.63, 3.8) is 0 Å². The molecule has 0 aliphatic heterocycles. The van der Waals surface area contributed by atoms with Gasteiger partial charge in [0.25, 0.3) is 10.0 Å². The Morgan fingerprint density at radius 2 is 2.26 bits per heavy atom. The second kappa shape index (κ2) is 5.49. The standard InChI is InChI=1S/C10H15N5O3S/c1-3-8-11-6-10(14-8)19(16,17)12-5-4-9-13-7(2)18-15-9/h6,12H,3-5H2,1-2H3,(H,11,14). The first-order chi connectivity index (χ1) is 9.01. The van der Waals surface area contributed by atoms with Crippen molar-refractivity contribution in [3.8, 4) is 0 Å². The van der Waals surface area contributed by atoms with Crippen LogP contribution in [0.2, 0.25) is 0 Å². The summed E-state index contributed by atoms with van der Waals surface area (Å²) in [7, 11) is -3.57. The van der Waals surface area contributed by atoms with Gasteiger partial charge in [0.15, 0.2) is 10.9 Å². The van der Waals surface area contributed by atoms with Gasteiger partial charge in [-0.2, -0.15) is 4.98 Å². The van der Waals surface area contributed by atoms with Gasteiger partial charge in [-0.15, -0.1) is 0 Å². The van der Waals surface area contributed by atoms with E-state index in [1.165, 1.54) is 6.20 Å². The van der Waals surface area contributed by atoms with Crippen molar-refractivity contribution in [2.24, 2.45) is 0 Å². The van der Waals surface area contributed by atoms with Crippen LogP contribution >= 0.6 is 0 Å². The largest absolute Gasteiger partial charge is 0.340 e. The Balaban J connectivity index is 1.94. The Morgan fingerprint density at radius 1 is 1.47 bits per heavy atom. The van der Waals surface area contributed by atoms with Gasteiger partial charge in [-0.1, -0.05) is 12.1 Å². The summed E-state index contributed by atoms with van der Waals surface area (Å²) in [6.45, 7) is 3.76. The van der Waals surface area contributed by atoms with E-state index in [1.54, 1.807) is 6.92 Å². The first-order valence-corrected chi connectivity index (χ1v) is 7.32. The van der Waals surface area contributed by atoms with E-state index in [4.69, 9.17) is 4.52 Å². The van der Waals surface area contributed by atoms with E-state index >= 15 is 0 Å². The molecule has 0 atom stereocenters. The van der Waals surface area contributed by atoms with Gasteiger partial charge in [-0.3, -0.25) is 0 Å². The maximum absolute atomic E-state index is 11.9. The number of H-pyrrole nitrogens is 1. The molecule has 2 aromatic rings. The van der Waals surface area contributed by atoms with Crippen molar-refractivity contribution < 1.29 is 12.9 Å². The van der Waals surface area contributed by atoms with Crippen LogP contribution in [0, 0.1) is 6.92 Å². The van der Waals surface area contributed by atoms with Gasteiger partial charge in [0.05, 0.1) is 6.20 Å². The Bertz CT molecular complexity index is 646. The monoisotopic (exact) mass is 285 g/mol. The SMILES string of the molecule is CCc1ncc(S(=O)(=O)NCCc2noc(C)n2)[nH]1. The number of rotatable bonds is 6. The molecule has 2 aromatic heterocycles. The third kappa shape index (κ3) is 3.38. The lowest BCUT2D eigenvalue weighted by molar-refractivity contribution is 0.387. The van der Waals surface area contributed by atoms with Crippen molar-refractivity contribution >= 4 is 10.0 Å². The highest BCUT2D eigenvalue weighted by molar-refractivity contribution is 7.89. The molecule has 0 aliphatic carbocycles. The molecule has 0 saturated heterocycles. The summed E-state index contributed by atoms with van der Waals surface area (Å²) in [5.41, 5.74) is 0. The van der Waals surface area contributed by atoms with Crippen LogP contribution < -0.4 is 4.72 Å². The molecule has 2 N–H and O–H groups in total. The van der Waals surface area contributed by atoms with E-state index in [2.05, 4.69) is 24.8 Å². The Hall–Kier alpha value is -1.74. The lowest BCUT2D eigenvalue weighted by Crippen LogP contribution is -2.26. The molecular formula is C10H15N5O3S. The van der Waals surface area contributed by atoms with Gasteiger partial charge in [-0.25, -0.2) is 18.1 Å².